The third-order valence-corrected chi connectivity index (χ3v) is 8.16. The van der Waals surface area contributed by atoms with Crippen LogP contribution < -0.4 is 0 Å². The summed E-state index contributed by atoms with van der Waals surface area (Å²) in [6.45, 7) is 4.07. The first-order valence-electron chi connectivity index (χ1n) is 19.0. The van der Waals surface area contributed by atoms with E-state index in [0.29, 0.717) is 12.8 Å². The van der Waals surface area contributed by atoms with Gasteiger partial charge in [-0.1, -0.05) is 147 Å². The number of aliphatic hydroxyl groups is 1. The lowest BCUT2D eigenvalue weighted by Crippen LogP contribution is -2.28. The molecular weight excluding hydrogens is 560 g/mol. The summed E-state index contributed by atoms with van der Waals surface area (Å²) in [5.41, 5.74) is 0. The second kappa shape index (κ2) is 36.6. The Morgan fingerprint density at radius 2 is 0.911 bits per heavy atom. The van der Waals surface area contributed by atoms with Crippen LogP contribution in [-0.4, -0.2) is 36.4 Å². The largest absolute Gasteiger partial charge is 0.462 e. The number of aliphatic hydroxyl groups excluding tert-OH is 1. The summed E-state index contributed by atoms with van der Waals surface area (Å²) < 4.78 is 10.6. The Labute approximate surface area is 278 Å². The minimum absolute atomic E-state index is 0.0740. The molecule has 0 aromatic carbocycles. The Balaban J connectivity index is 3.58. The molecule has 1 N–H and O–H groups in total. The van der Waals surface area contributed by atoms with Crippen molar-refractivity contribution in [2.24, 2.45) is 0 Å². The standard InChI is InChI=1S/C40H72O5/c1-3-5-7-9-11-13-15-17-19-20-21-23-25-27-29-31-33-35-40(43)45-38(36-41)37-44-39(42)34-32-30-28-26-24-22-18-16-14-12-10-8-6-4-2/h10,12,16-19,38,41H,3-9,11,13-15,20-37H2,1-2H3/b12-10-,18-16-,19-17-/t38-/m0/s1. The molecule has 0 bridgehead atoms. The summed E-state index contributed by atoms with van der Waals surface area (Å²) in [6, 6.07) is 0. The van der Waals surface area contributed by atoms with Crippen LogP contribution in [0.2, 0.25) is 0 Å². The van der Waals surface area contributed by atoms with Crippen LogP contribution in [0, 0.1) is 0 Å². The molecule has 45 heavy (non-hydrogen) atoms. The molecule has 0 heterocycles. The topological polar surface area (TPSA) is 72.8 Å². The molecule has 1 atom stereocenters. The van der Waals surface area contributed by atoms with Gasteiger partial charge < -0.3 is 14.6 Å². The van der Waals surface area contributed by atoms with Crippen molar-refractivity contribution in [2.75, 3.05) is 13.2 Å². The van der Waals surface area contributed by atoms with E-state index in [9.17, 15) is 14.7 Å². The van der Waals surface area contributed by atoms with Gasteiger partial charge >= 0.3 is 11.9 Å². The summed E-state index contributed by atoms with van der Waals surface area (Å²) in [5.74, 6) is -0.611. The lowest BCUT2D eigenvalue weighted by Gasteiger charge is -2.15. The molecule has 0 aromatic rings. The van der Waals surface area contributed by atoms with Crippen molar-refractivity contribution < 1.29 is 24.2 Å². The number of rotatable bonds is 34. The number of allylic oxidation sites excluding steroid dienone is 6. The Morgan fingerprint density at radius 3 is 1.40 bits per heavy atom. The first-order chi connectivity index (χ1) is 22.1. The first-order valence-corrected chi connectivity index (χ1v) is 19.0. The van der Waals surface area contributed by atoms with Gasteiger partial charge in [0, 0.05) is 12.8 Å². The van der Waals surface area contributed by atoms with Gasteiger partial charge in [0.1, 0.15) is 6.61 Å². The molecule has 0 aliphatic rings. The second-order valence-corrected chi connectivity index (χ2v) is 12.6. The van der Waals surface area contributed by atoms with Gasteiger partial charge in [0.25, 0.3) is 0 Å². The second-order valence-electron chi connectivity index (χ2n) is 12.6. The van der Waals surface area contributed by atoms with Crippen molar-refractivity contribution in [3.05, 3.63) is 36.5 Å². The van der Waals surface area contributed by atoms with Gasteiger partial charge in [-0.25, -0.2) is 0 Å². The molecule has 0 radical (unpaired) electrons. The molecule has 0 fully saturated rings. The fraction of sp³-hybridized carbons (Fsp3) is 0.800. The number of hydrogen-bond acceptors (Lipinski definition) is 5. The maximum atomic E-state index is 12.1. The molecule has 262 valence electrons. The summed E-state index contributed by atoms with van der Waals surface area (Å²) in [7, 11) is 0. The molecule has 0 amide bonds. The van der Waals surface area contributed by atoms with Crippen molar-refractivity contribution in [2.45, 2.75) is 193 Å². The van der Waals surface area contributed by atoms with E-state index in [4.69, 9.17) is 9.47 Å². The van der Waals surface area contributed by atoms with Crippen LogP contribution in [0.3, 0.4) is 0 Å². The Kier molecular flexibility index (Phi) is 35.1. The minimum atomic E-state index is -0.777. The number of ether oxygens (including phenoxy) is 2. The fourth-order valence-corrected chi connectivity index (χ4v) is 5.21. The van der Waals surface area contributed by atoms with E-state index in [-0.39, 0.29) is 25.2 Å². The smallest absolute Gasteiger partial charge is 0.306 e. The lowest BCUT2D eigenvalue weighted by atomic mass is 10.1. The Bertz CT molecular complexity index is 726. The van der Waals surface area contributed by atoms with Gasteiger partial charge in [0.05, 0.1) is 6.61 Å². The van der Waals surface area contributed by atoms with Crippen molar-refractivity contribution in [1.29, 1.82) is 0 Å². The van der Waals surface area contributed by atoms with E-state index in [2.05, 4.69) is 50.3 Å². The van der Waals surface area contributed by atoms with E-state index >= 15 is 0 Å². The van der Waals surface area contributed by atoms with Gasteiger partial charge in [-0.05, 0) is 64.2 Å². The quantitative estimate of drug-likeness (QED) is 0.0434. The molecular formula is C40H72O5. The normalized spacial score (nSPS) is 12.5. The van der Waals surface area contributed by atoms with E-state index in [1.807, 2.05) is 0 Å². The molecule has 0 aliphatic heterocycles. The van der Waals surface area contributed by atoms with Crippen LogP contribution in [0.5, 0.6) is 0 Å². The number of hydrogen-bond donors (Lipinski definition) is 1. The molecule has 5 heteroatoms. The third kappa shape index (κ3) is 34.8. The van der Waals surface area contributed by atoms with Gasteiger partial charge in [-0.2, -0.15) is 0 Å². The average Bonchev–Trinajstić information content (AvgIpc) is 3.04. The maximum Gasteiger partial charge on any atom is 0.306 e. The zero-order valence-corrected chi connectivity index (χ0v) is 29.6. The van der Waals surface area contributed by atoms with Crippen LogP contribution in [0.25, 0.3) is 0 Å². The molecule has 0 spiro atoms. The summed E-state index contributed by atoms with van der Waals surface area (Å²) in [6.07, 6.45) is 43.4. The van der Waals surface area contributed by atoms with E-state index in [0.717, 1.165) is 51.4 Å². The van der Waals surface area contributed by atoms with E-state index < -0.39 is 6.10 Å². The van der Waals surface area contributed by atoms with Crippen LogP contribution in [0.15, 0.2) is 36.5 Å². The zero-order valence-electron chi connectivity index (χ0n) is 29.6. The number of unbranched alkanes of at least 4 members (excludes halogenated alkanes) is 20. The van der Waals surface area contributed by atoms with Crippen molar-refractivity contribution in [3.8, 4) is 0 Å². The van der Waals surface area contributed by atoms with Gasteiger partial charge in [0.15, 0.2) is 6.10 Å². The van der Waals surface area contributed by atoms with Crippen LogP contribution in [0.1, 0.15) is 187 Å². The zero-order chi connectivity index (χ0) is 32.9. The fourth-order valence-electron chi connectivity index (χ4n) is 5.21. The predicted molar refractivity (Wildman–Crippen MR) is 191 cm³/mol. The maximum absolute atomic E-state index is 12.1. The molecule has 0 saturated heterocycles. The summed E-state index contributed by atoms with van der Waals surface area (Å²) in [5, 5.41) is 9.54. The van der Waals surface area contributed by atoms with Crippen molar-refractivity contribution in [3.63, 3.8) is 0 Å². The number of carbonyl (C=O) groups excluding carboxylic acids is 2. The van der Waals surface area contributed by atoms with Gasteiger partial charge in [-0.3, -0.25) is 9.59 Å². The minimum Gasteiger partial charge on any atom is -0.462 e. The van der Waals surface area contributed by atoms with Gasteiger partial charge in [-0.15, -0.1) is 0 Å². The van der Waals surface area contributed by atoms with Crippen molar-refractivity contribution in [1.82, 2.24) is 0 Å². The predicted octanol–water partition coefficient (Wildman–Crippen LogP) is 11.7. The average molecular weight is 633 g/mol. The van der Waals surface area contributed by atoms with Crippen LogP contribution in [0.4, 0.5) is 0 Å². The number of carbonyl (C=O) groups is 2. The molecule has 0 rings (SSSR count). The third-order valence-electron chi connectivity index (χ3n) is 8.16. The molecule has 0 aliphatic carbocycles. The van der Waals surface area contributed by atoms with Crippen molar-refractivity contribution >= 4 is 11.9 Å². The molecule has 5 nitrogen and oxygen atoms in total. The summed E-state index contributed by atoms with van der Waals surface area (Å²) >= 11 is 0. The highest BCUT2D eigenvalue weighted by Gasteiger charge is 2.16. The highest BCUT2D eigenvalue weighted by molar-refractivity contribution is 5.70. The molecule has 0 unspecified atom stereocenters. The first kappa shape index (κ1) is 43.1. The van der Waals surface area contributed by atoms with Crippen LogP contribution >= 0.6 is 0 Å². The Hall–Kier alpha value is -1.88. The number of esters is 2. The monoisotopic (exact) mass is 633 g/mol. The highest BCUT2D eigenvalue weighted by atomic mass is 16.6. The SMILES string of the molecule is CCCC/C=C\C/C=C\CCCCCCCC(=O)OC[C@H](CO)OC(=O)CCCCCCCCC/C=C\CCCCCCCC. The molecule has 0 aromatic heterocycles. The molecule has 0 saturated carbocycles. The van der Waals surface area contributed by atoms with E-state index in [1.165, 1.54) is 109 Å². The Morgan fingerprint density at radius 1 is 0.511 bits per heavy atom. The lowest BCUT2D eigenvalue weighted by molar-refractivity contribution is -0.161. The highest BCUT2D eigenvalue weighted by Crippen LogP contribution is 2.13. The van der Waals surface area contributed by atoms with Crippen LogP contribution in [-0.2, 0) is 19.1 Å². The van der Waals surface area contributed by atoms with E-state index in [1.54, 1.807) is 0 Å². The summed E-state index contributed by atoms with van der Waals surface area (Å²) in [4.78, 5) is 24.2. The van der Waals surface area contributed by atoms with Gasteiger partial charge in [0.2, 0.25) is 0 Å².